The Balaban J connectivity index is 2.11. The van der Waals surface area contributed by atoms with Gasteiger partial charge in [0.1, 0.15) is 4.88 Å². The van der Waals surface area contributed by atoms with Crippen LogP contribution in [0.1, 0.15) is 34.0 Å². The normalized spacial score (nSPS) is 16.4. The number of rotatable bonds is 3. The molecule has 0 aliphatic carbocycles. The Kier molecular flexibility index (Phi) is 4.18. The largest absolute Gasteiger partial charge is 0.462 e. The van der Waals surface area contributed by atoms with Gasteiger partial charge in [-0.3, -0.25) is 0 Å². The van der Waals surface area contributed by atoms with Crippen LogP contribution in [-0.4, -0.2) is 37.1 Å². The maximum absolute atomic E-state index is 11.6. The number of hydrogen-bond acceptors (Lipinski definition) is 4. The van der Waals surface area contributed by atoms with Crippen molar-refractivity contribution in [1.29, 1.82) is 0 Å². The molecule has 0 saturated heterocycles. The van der Waals surface area contributed by atoms with Crippen LogP contribution in [0.15, 0.2) is 6.07 Å². The van der Waals surface area contributed by atoms with E-state index in [4.69, 9.17) is 4.74 Å². The molecule has 0 saturated carbocycles. The van der Waals surface area contributed by atoms with E-state index in [1.807, 2.05) is 13.0 Å². The van der Waals surface area contributed by atoms with Crippen molar-refractivity contribution in [3.8, 4) is 0 Å². The first-order chi connectivity index (χ1) is 8.24. The molecule has 0 atom stereocenters. The van der Waals surface area contributed by atoms with Crippen molar-refractivity contribution in [1.82, 2.24) is 4.90 Å². The molecule has 0 aromatic carbocycles. The van der Waals surface area contributed by atoms with E-state index in [9.17, 15) is 4.79 Å². The molecule has 1 aromatic heterocycles. The lowest BCUT2D eigenvalue weighted by molar-refractivity contribution is 0.0532. The van der Waals surface area contributed by atoms with Crippen LogP contribution in [0, 0.1) is 0 Å². The molecule has 0 bridgehead atoms. The fourth-order valence-electron chi connectivity index (χ4n) is 2.16. The molecule has 0 unspecified atom stereocenters. The van der Waals surface area contributed by atoms with Crippen molar-refractivity contribution in [3.05, 3.63) is 21.4 Å². The second-order valence-electron chi connectivity index (χ2n) is 4.21. The lowest BCUT2D eigenvalue weighted by atomic mass is 10.1. The minimum Gasteiger partial charge on any atom is -0.462 e. The van der Waals surface area contributed by atoms with Gasteiger partial charge in [-0.15, -0.1) is 11.3 Å². The maximum atomic E-state index is 11.6. The molecule has 0 amide bonds. The van der Waals surface area contributed by atoms with E-state index in [1.165, 1.54) is 10.4 Å². The summed E-state index contributed by atoms with van der Waals surface area (Å²) < 4.78 is 5.04. The third-order valence-corrected chi connectivity index (χ3v) is 4.39. The van der Waals surface area contributed by atoms with Gasteiger partial charge in [0.2, 0.25) is 0 Å². The number of fused-ring (bicyclic) bond motifs is 1. The van der Waals surface area contributed by atoms with Gasteiger partial charge < -0.3 is 9.64 Å². The predicted molar refractivity (Wildman–Crippen MR) is 69.8 cm³/mol. The summed E-state index contributed by atoms with van der Waals surface area (Å²) in [7, 11) is 0. The Hall–Kier alpha value is -0.870. The van der Waals surface area contributed by atoms with E-state index >= 15 is 0 Å². The first-order valence-corrected chi connectivity index (χ1v) is 7.07. The highest BCUT2D eigenvalue weighted by Crippen LogP contribution is 2.26. The average Bonchev–Trinajstić information content (AvgIpc) is 2.64. The highest BCUT2D eigenvalue weighted by Gasteiger charge is 2.19. The highest BCUT2D eigenvalue weighted by molar-refractivity contribution is 7.14. The molecule has 2 heterocycles. The fraction of sp³-hybridized carbons (Fsp3) is 0.615. The van der Waals surface area contributed by atoms with Gasteiger partial charge in [-0.25, -0.2) is 4.79 Å². The zero-order valence-corrected chi connectivity index (χ0v) is 11.3. The molecule has 94 valence electrons. The summed E-state index contributed by atoms with van der Waals surface area (Å²) in [5.74, 6) is -0.169. The van der Waals surface area contributed by atoms with Gasteiger partial charge in [0.15, 0.2) is 0 Å². The number of thiophene rings is 1. The Morgan fingerprint density at radius 2 is 2.18 bits per heavy atom. The number of esters is 1. The SMILES string of the molecule is CCOC(=O)c1cc2c(s1)CCN(CC)CC2. The summed E-state index contributed by atoms with van der Waals surface area (Å²) in [6.07, 6.45) is 2.12. The molecule has 1 aliphatic heterocycles. The number of hydrogen-bond donors (Lipinski definition) is 0. The topological polar surface area (TPSA) is 29.5 Å². The van der Waals surface area contributed by atoms with Crippen LogP contribution in [0.2, 0.25) is 0 Å². The van der Waals surface area contributed by atoms with Crippen molar-refractivity contribution in [2.24, 2.45) is 0 Å². The molecular formula is C13H19NO2S. The minimum atomic E-state index is -0.169. The van der Waals surface area contributed by atoms with Crippen LogP contribution in [0.4, 0.5) is 0 Å². The van der Waals surface area contributed by atoms with Gasteiger partial charge in [0, 0.05) is 18.0 Å². The molecule has 1 aliphatic rings. The predicted octanol–water partition coefficient (Wildman–Crippen LogP) is 2.35. The molecule has 3 nitrogen and oxygen atoms in total. The molecule has 4 heteroatoms. The third-order valence-electron chi connectivity index (χ3n) is 3.17. The first-order valence-electron chi connectivity index (χ1n) is 6.25. The molecule has 17 heavy (non-hydrogen) atoms. The Morgan fingerprint density at radius 3 is 2.88 bits per heavy atom. The van der Waals surface area contributed by atoms with Crippen molar-refractivity contribution >= 4 is 17.3 Å². The van der Waals surface area contributed by atoms with Gasteiger partial charge in [-0.1, -0.05) is 6.92 Å². The highest BCUT2D eigenvalue weighted by atomic mass is 32.1. The van der Waals surface area contributed by atoms with Crippen LogP contribution in [0.5, 0.6) is 0 Å². The number of carbonyl (C=O) groups excluding carboxylic acids is 1. The zero-order valence-electron chi connectivity index (χ0n) is 10.5. The smallest absolute Gasteiger partial charge is 0.348 e. The monoisotopic (exact) mass is 253 g/mol. The van der Waals surface area contributed by atoms with Gasteiger partial charge >= 0.3 is 5.97 Å². The van der Waals surface area contributed by atoms with Crippen LogP contribution >= 0.6 is 11.3 Å². The summed E-state index contributed by atoms with van der Waals surface area (Å²) in [5, 5.41) is 0. The van der Waals surface area contributed by atoms with E-state index in [0.29, 0.717) is 6.61 Å². The maximum Gasteiger partial charge on any atom is 0.348 e. The molecular weight excluding hydrogens is 234 g/mol. The van der Waals surface area contributed by atoms with Crippen molar-refractivity contribution in [3.63, 3.8) is 0 Å². The van der Waals surface area contributed by atoms with E-state index in [-0.39, 0.29) is 5.97 Å². The van der Waals surface area contributed by atoms with Crippen LogP contribution in [0.25, 0.3) is 0 Å². The second kappa shape index (κ2) is 5.65. The van der Waals surface area contributed by atoms with Crippen LogP contribution in [0.3, 0.4) is 0 Å². The molecule has 0 radical (unpaired) electrons. The van der Waals surface area contributed by atoms with Gasteiger partial charge in [-0.05, 0) is 37.9 Å². The molecule has 0 N–H and O–H groups in total. The average molecular weight is 253 g/mol. The summed E-state index contributed by atoms with van der Waals surface area (Å²) in [6.45, 7) is 7.80. The van der Waals surface area contributed by atoms with E-state index in [2.05, 4.69) is 11.8 Å². The first kappa shape index (κ1) is 12.6. The van der Waals surface area contributed by atoms with E-state index in [1.54, 1.807) is 11.3 Å². The minimum absolute atomic E-state index is 0.169. The number of ether oxygens (including phenoxy) is 1. The second-order valence-corrected chi connectivity index (χ2v) is 5.35. The number of nitrogens with zero attached hydrogens (tertiary/aromatic N) is 1. The molecule has 0 fully saturated rings. The lowest BCUT2D eigenvalue weighted by Crippen LogP contribution is -2.25. The standard InChI is InChI=1S/C13H19NO2S/c1-3-14-7-5-10-9-12(13(15)16-4-2)17-11(10)6-8-14/h9H,3-8H2,1-2H3. The van der Waals surface area contributed by atoms with Crippen molar-refractivity contribution in [2.45, 2.75) is 26.7 Å². The number of carbonyl (C=O) groups is 1. The van der Waals surface area contributed by atoms with Gasteiger partial charge in [-0.2, -0.15) is 0 Å². The molecule has 0 spiro atoms. The molecule has 2 rings (SSSR count). The van der Waals surface area contributed by atoms with Gasteiger partial charge in [0.05, 0.1) is 6.61 Å². The quantitative estimate of drug-likeness (QED) is 0.774. The lowest BCUT2D eigenvalue weighted by Gasteiger charge is -2.16. The van der Waals surface area contributed by atoms with Crippen molar-refractivity contribution < 1.29 is 9.53 Å². The number of likely N-dealkylation sites (N-methyl/N-ethyl adjacent to an activating group) is 1. The Morgan fingerprint density at radius 1 is 1.41 bits per heavy atom. The van der Waals surface area contributed by atoms with Crippen LogP contribution in [-0.2, 0) is 17.6 Å². The third kappa shape index (κ3) is 2.87. The zero-order chi connectivity index (χ0) is 12.3. The van der Waals surface area contributed by atoms with E-state index < -0.39 is 0 Å². The summed E-state index contributed by atoms with van der Waals surface area (Å²) in [4.78, 5) is 16.2. The van der Waals surface area contributed by atoms with E-state index in [0.717, 1.165) is 37.4 Å². The summed E-state index contributed by atoms with van der Waals surface area (Å²) in [5.41, 5.74) is 1.34. The Bertz CT molecular complexity index is 375. The van der Waals surface area contributed by atoms with Crippen LogP contribution < -0.4 is 0 Å². The van der Waals surface area contributed by atoms with Crippen molar-refractivity contribution in [2.75, 3.05) is 26.2 Å². The fourth-order valence-corrected chi connectivity index (χ4v) is 3.25. The molecule has 1 aromatic rings. The van der Waals surface area contributed by atoms with Gasteiger partial charge in [0.25, 0.3) is 0 Å². The summed E-state index contributed by atoms with van der Waals surface area (Å²) in [6, 6.07) is 2.02. The summed E-state index contributed by atoms with van der Waals surface area (Å²) >= 11 is 1.61. The Labute approximate surface area is 106 Å².